The van der Waals surface area contributed by atoms with E-state index in [2.05, 4.69) is 53.1 Å². The van der Waals surface area contributed by atoms with Crippen LogP contribution in [0.3, 0.4) is 0 Å². The zero-order chi connectivity index (χ0) is 15.9. The minimum absolute atomic E-state index is 0. The zero-order valence-electron chi connectivity index (χ0n) is 14.5. The van der Waals surface area contributed by atoms with Crippen LogP contribution in [0, 0.1) is 12.8 Å². The third-order valence-corrected chi connectivity index (χ3v) is 4.06. The standard InChI is InChI=1S/C17H29N5.HI/c1-14-4-6-16(7-5-14)20-17(18)19-12-15(2)13-22-10-8-21(3)9-11-22;/h4-7,15H,8-13H2,1-3H3,(H3,18,19,20);1H. The molecule has 0 amide bonds. The highest BCUT2D eigenvalue weighted by atomic mass is 127. The predicted octanol–water partition coefficient (Wildman–Crippen LogP) is 2.22. The van der Waals surface area contributed by atoms with Crippen LogP contribution in [0.4, 0.5) is 5.69 Å². The molecule has 3 N–H and O–H groups in total. The van der Waals surface area contributed by atoms with Crippen LogP contribution in [-0.4, -0.2) is 62.1 Å². The van der Waals surface area contributed by atoms with Crippen molar-refractivity contribution in [2.45, 2.75) is 13.8 Å². The van der Waals surface area contributed by atoms with Gasteiger partial charge in [0.15, 0.2) is 5.96 Å². The molecule has 6 heteroatoms. The number of guanidine groups is 1. The summed E-state index contributed by atoms with van der Waals surface area (Å²) in [4.78, 5) is 9.36. The first-order chi connectivity index (χ1) is 10.5. The summed E-state index contributed by atoms with van der Waals surface area (Å²) in [5.74, 6) is 1.01. The number of nitrogens with one attached hydrogen (secondary N) is 1. The van der Waals surface area contributed by atoms with Crippen LogP contribution in [-0.2, 0) is 0 Å². The Morgan fingerprint density at radius 2 is 1.83 bits per heavy atom. The first-order valence-electron chi connectivity index (χ1n) is 8.07. The summed E-state index contributed by atoms with van der Waals surface area (Å²) in [6, 6.07) is 8.16. The van der Waals surface area contributed by atoms with Crippen LogP contribution in [0.15, 0.2) is 29.3 Å². The van der Waals surface area contributed by atoms with Gasteiger partial charge in [0.05, 0.1) is 0 Å². The van der Waals surface area contributed by atoms with E-state index in [1.54, 1.807) is 0 Å². The fraction of sp³-hybridized carbons (Fsp3) is 0.588. The summed E-state index contributed by atoms with van der Waals surface area (Å²) < 4.78 is 0. The van der Waals surface area contributed by atoms with Crippen LogP contribution in [0.2, 0.25) is 0 Å². The Kier molecular flexibility index (Phi) is 8.86. The van der Waals surface area contributed by atoms with Gasteiger partial charge in [-0.1, -0.05) is 24.6 Å². The van der Waals surface area contributed by atoms with Crippen molar-refractivity contribution in [1.82, 2.24) is 9.80 Å². The van der Waals surface area contributed by atoms with Crippen LogP contribution in [0.5, 0.6) is 0 Å². The molecule has 0 aliphatic carbocycles. The van der Waals surface area contributed by atoms with E-state index in [0.29, 0.717) is 11.9 Å². The number of aliphatic imine (C=N–C) groups is 1. The number of nitrogens with two attached hydrogens (primary N) is 1. The largest absolute Gasteiger partial charge is 0.370 e. The highest BCUT2D eigenvalue weighted by Crippen LogP contribution is 2.08. The number of halogens is 1. The Balaban J connectivity index is 0.00000264. The molecule has 23 heavy (non-hydrogen) atoms. The Morgan fingerprint density at radius 3 is 2.43 bits per heavy atom. The van der Waals surface area contributed by atoms with Gasteiger partial charge < -0.3 is 20.9 Å². The number of aryl methyl sites for hydroxylation is 1. The van der Waals surface area contributed by atoms with Gasteiger partial charge >= 0.3 is 0 Å². The molecule has 0 spiro atoms. The van der Waals surface area contributed by atoms with Gasteiger partial charge in [-0.2, -0.15) is 0 Å². The molecular weight excluding hydrogens is 401 g/mol. The van der Waals surface area contributed by atoms with E-state index in [-0.39, 0.29) is 24.0 Å². The minimum Gasteiger partial charge on any atom is -0.370 e. The molecule has 1 aliphatic heterocycles. The normalized spacial score (nSPS) is 18.3. The van der Waals surface area contributed by atoms with Crippen molar-refractivity contribution < 1.29 is 0 Å². The van der Waals surface area contributed by atoms with E-state index in [0.717, 1.165) is 45.0 Å². The Hall–Kier alpha value is -0.860. The van der Waals surface area contributed by atoms with Gasteiger partial charge in [0.1, 0.15) is 0 Å². The monoisotopic (exact) mass is 431 g/mol. The summed E-state index contributed by atoms with van der Waals surface area (Å²) in [6.07, 6.45) is 0. The third kappa shape index (κ3) is 7.50. The number of likely N-dealkylation sites (N-methyl/N-ethyl adjacent to an activating group) is 1. The molecule has 1 heterocycles. The van der Waals surface area contributed by atoms with Crippen LogP contribution in [0.25, 0.3) is 0 Å². The lowest BCUT2D eigenvalue weighted by molar-refractivity contribution is 0.140. The summed E-state index contributed by atoms with van der Waals surface area (Å²) in [7, 11) is 2.18. The molecule has 0 saturated carbocycles. The van der Waals surface area contributed by atoms with Crippen molar-refractivity contribution in [3.8, 4) is 0 Å². The Labute approximate surface area is 157 Å². The fourth-order valence-electron chi connectivity index (χ4n) is 2.61. The zero-order valence-corrected chi connectivity index (χ0v) is 16.8. The molecule has 1 aromatic carbocycles. The van der Waals surface area contributed by atoms with Gasteiger partial charge in [-0.25, -0.2) is 0 Å². The molecule has 130 valence electrons. The van der Waals surface area contributed by atoms with Crippen LogP contribution < -0.4 is 11.1 Å². The molecule has 0 radical (unpaired) electrons. The average Bonchev–Trinajstić information content (AvgIpc) is 2.50. The topological polar surface area (TPSA) is 56.9 Å². The quantitative estimate of drug-likeness (QED) is 0.427. The predicted molar refractivity (Wildman–Crippen MR) is 110 cm³/mol. The molecule has 0 aromatic heterocycles. The van der Waals surface area contributed by atoms with Gasteiger partial charge in [-0.3, -0.25) is 4.99 Å². The first kappa shape index (κ1) is 20.2. The number of hydrogen-bond acceptors (Lipinski definition) is 3. The Morgan fingerprint density at radius 1 is 1.22 bits per heavy atom. The second kappa shape index (κ2) is 10.1. The summed E-state index contributed by atoms with van der Waals surface area (Å²) in [5, 5.41) is 3.14. The molecule has 1 unspecified atom stereocenters. The molecule has 1 saturated heterocycles. The molecule has 1 atom stereocenters. The highest BCUT2D eigenvalue weighted by molar-refractivity contribution is 14.0. The second-order valence-electron chi connectivity index (χ2n) is 6.43. The average molecular weight is 431 g/mol. The number of hydrogen-bond donors (Lipinski definition) is 2. The van der Waals surface area contributed by atoms with E-state index < -0.39 is 0 Å². The highest BCUT2D eigenvalue weighted by Gasteiger charge is 2.15. The van der Waals surface area contributed by atoms with Crippen LogP contribution in [0.1, 0.15) is 12.5 Å². The van der Waals surface area contributed by atoms with Crippen LogP contribution >= 0.6 is 24.0 Å². The lowest BCUT2D eigenvalue weighted by atomic mass is 10.1. The maximum Gasteiger partial charge on any atom is 0.193 e. The van der Waals surface area contributed by atoms with E-state index >= 15 is 0 Å². The Bertz CT molecular complexity index is 480. The lowest BCUT2D eigenvalue weighted by Gasteiger charge is -2.33. The smallest absolute Gasteiger partial charge is 0.193 e. The van der Waals surface area contributed by atoms with Gasteiger partial charge in [-0.15, -0.1) is 24.0 Å². The van der Waals surface area contributed by atoms with Crippen molar-refractivity contribution in [2.24, 2.45) is 16.6 Å². The second-order valence-corrected chi connectivity index (χ2v) is 6.43. The summed E-state index contributed by atoms with van der Waals surface area (Å²) in [6.45, 7) is 10.8. The van der Waals surface area contributed by atoms with Crippen molar-refractivity contribution in [1.29, 1.82) is 0 Å². The first-order valence-corrected chi connectivity index (χ1v) is 8.07. The van der Waals surface area contributed by atoms with Crippen molar-refractivity contribution in [3.05, 3.63) is 29.8 Å². The molecule has 5 nitrogen and oxygen atoms in total. The molecule has 1 aliphatic rings. The van der Waals surface area contributed by atoms with Gasteiger partial charge in [0.25, 0.3) is 0 Å². The maximum absolute atomic E-state index is 5.96. The van der Waals surface area contributed by atoms with Crippen molar-refractivity contribution in [2.75, 3.05) is 51.6 Å². The van der Waals surface area contributed by atoms with Crippen molar-refractivity contribution >= 4 is 35.6 Å². The lowest BCUT2D eigenvalue weighted by Crippen LogP contribution is -2.46. The summed E-state index contributed by atoms with van der Waals surface area (Å²) in [5.41, 5.74) is 8.18. The van der Waals surface area contributed by atoms with E-state index in [4.69, 9.17) is 5.73 Å². The summed E-state index contributed by atoms with van der Waals surface area (Å²) >= 11 is 0. The minimum atomic E-state index is 0. The van der Waals surface area contributed by atoms with Gasteiger partial charge in [-0.05, 0) is 32.0 Å². The number of piperazine rings is 1. The van der Waals surface area contributed by atoms with Crippen molar-refractivity contribution in [3.63, 3.8) is 0 Å². The van der Waals surface area contributed by atoms with E-state index in [1.165, 1.54) is 5.56 Å². The van der Waals surface area contributed by atoms with E-state index in [9.17, 15) is 0 Å². The SMILES string of the molecule is Cc1ccc(NC(N)=NCC(C)CN2CCN(C)CC2)cc1.I. The molecular formula is C17H30IN5. The maximum atomic E-state index is 5.96. The molecule has 1 aromatic rings. The molecule has 2 rings (SSSR count). The number of anilines is 1. The third-order valence-electron chi connectivity index (χ3n) is 4.06. The van der Waals surface area contributed by atoms with E-state index in [1.807, 2.05) is 12.1 Å². The molecule has 1 fully saturated rings. The molecule has 0 bridgehead atoms. The van der Waals surface area contributed by atoms with Gasteiger partial charge in [0.2, 0.25) is 0 Å². The number of benzene rings is 1. The number of rotatable bonds is 5. The van der Waals surface area contributed by atoms with Gasteiger partial charge in [0, 0.05) is 45.0 Å². The fourth-order valence-corrected chi connectivity index (χ4v) is 2.61. The number of nitrogens with zero attached hydrogens (tertiary/aromatic N) is 3.